The molecule has 0 aromatic carbocycles. The summed E-state index contributed by atoms with van der Waals surface area (Å²) in [5, 5.41) is 2.58. The number of likely N-dealkylation sites (tertiary alicyclic amines) is 1. The summed E-state index contributed by atoms with van der Waals surface area (Å²) in [6, 6.07) is 0. The van der Waals surface area contributed by atoms with Gasteiger partial charge in [0.15, 0.2) is 0 Å². The van der Waals surface area contributed by atoms with Gasteiger partial charge >= 0.3 is 6.18 Å². The van der Waals surface area contributed by atoms with E-state index in [2.05, 4.69) is 16.9 Å². The summed E-state index contributed by atoms with van der Waals surface area (Å²) < 4.78 is 69.6. The Hall–Kier alpha value is -2.65. The first-order chi connectivity index (χ1) is 15.1. The number of carbonyl (C=O) groups excluding carboxylic acids is 1. The number of aliphatic imine (C=N–C) groups is 1. The van der Waals surface area contributed by atoms with Gasteiger partial charge in [-0.2, -0.15) is 13.2 Å². The van der Waals surface area contributed by atoms with Crippen LogP contribution in [0.1, 0.15) is 53.4 Å². The Morgan fingerprint density at radius 1 is 1.30 bits per heavy atom. The third kappa shape index (κ3) is 9.39. The molecule has 0 aromatic heterocycles. The summed E-state index contributed by atoms with van der Waals surface area (Å²) in [6.45, 7) is 9.41. The number of nitrogens with one attached hydrogen (secondary N) is 1. The van der Waals surface area contributed by atoms with E-state index in [4.69, 9.17) is 5.73 Å². The molecular weight excluding hydrogens is 443 g/mol. The number of amides is 1. The molecule has 0 aromatic rings. The van der Waals surface area contributed by atoms with E-state index in [9.17, 15) is 26.7 Å². The first-order valence-electron chi connectivity index (χ1n) is 10.6. The predicted molar refractivity (Wildman–Crippen MR) is 120 cm³/mol. The molecule has 1 aliphatic rings. The fraction of sp³-hybridized carbons (Fsp3) is 0.565. The van der Waals surface area contributed by atoms with Gasteiger partial charge in [0.05, 0.1) is 6.42 Å². The van der Waals surface area contributed by atoms with Gasteiger partial charge in [-0.3, -0.25) is 4.79 Å². The van der Waals surface area contributed by atoms with Gasteiger partial charge < -0.3 is 16.0 Å². The molecule has 33 heavy (non-hydrogen) atoms. The fourth-order valence-corrected chi connectivity index (χ4v) is 3.62. The number of amidine groups is 1. The Labute approximate surface area is 192 Å². The zero-order valence-corrected chi connectivity index (χ0v) is 19.5. The summed E-state index contributed by atoms with van der Waals surface area (Å²) >= 11 is 0. The number of alkyl halides is 5. The molecule has 0 unspecified atom stereocenters. The first kappa shape index (κ1) is 28.4. The molecule has 5 nitrogen and oxygen atoms in total. The lowest BCUT2D eigenvalue weighted by Gasteiger charge is -2.32. The Morgan fingerprint density at radius 2 is 1.94 bits per heavy atom. The maximum absolute atomic E-state index is 14.3. The number of hydrogen-bond acceptors (Lipinski definition) is 3. The van der Waals surface area contributed by atoms with Crippen molar-refractivity contribution in [3.05, 3.63) is 48.0 Å². The maximum atomic E-state index is 14.3. The third-order valence-corrected chi connectivity index (χ3v) is 4.96. The highest BCUT2D eigenvalue weighted by Gasteiger charge is 2.42. The van der Waals surface area contributed by atoms with Crippen LogP contribution in [0, 0.1) is 5.41 Å². The number of carbonyl (C=O) groups is 1. The van der Waals surface area contributed by atoms with Crippen LogP contribution >= 0.6 is 0 Å². The maximum Gasteiger partial charge on any atom is 0.433 e. The van der Waals surface area contributed by atoms with Crippen molar-refractivity contribution in [2.75, 3.05) is 13.1 Å². The standard InChI is InChI=1S/C23H33F5N4O/c1-6-8-17(9-11-29)30-19(33)13-18(31-20(16(3)7-2)23(26,27)28)32-12-10-22(24,25)14-21(4,5)15-32/h7-9,11H,2,6,10,12-15,29H2,1,3-5H3,(H,30,33)/b11-9-,17-8+,20-16-,31-18?. The average Bonchev–Trinajstić information content (AvgIpc) is 2.77. The molecule has 1 aliphatic heterocycles. The van der Waals surface area contributed by atoms with Crippen LogP contribution in [0.3, 0.4) is 0 Å². The normalized spacial score (nSPS) is 20.3. The quantitative estimate of drug-likeness (QED) is 0.223. The smallest absolute Gasteiger partial charge is 0.405 e. The second kappa shape index (κ2) is 11.5. The topological polar surface area (TPSA) is 70.7 Å². The SMILES string of the molecule is C=C/C(C)=C(\N=C(CC(=O)NC(/C=C\N)=C/CC)N1CCC(F)(F)CC(C)(C)C1)C(F)(F)F. The zero-order valence-electron chi connectivity index (χ0n) is 19.5. The lowest BCUT2D eigenvalue weighted by atomic mass is 9.86. The van der Waals surface area contributed by atoms with Crippen LogP contribution in [0.15, 0.2) is 53.0 Å². The molecule has 0 saturated carbocycles. The lowest BCUT2D eigenvalue weighted by molar-refractivity contribution is -0.119. The van der Waals surface area contributed by atoms with Gasteiger partial charge in [-0.25, -0.2) is 13.8 Å². The molecule has 186 valence electrons. The van der Waals surface area contributed by atoms with Crippen LogP contribution in [0.25, 0.3) is 0 Å². The van der Waals surface area contributed by atoms with Crippen molar-refractivity contribution >= 4 is 11.7 Å². The largest absolute Gasteiger partial charge is 0.433 e. The second-order valence-corrected chi connectivity index (χ2v) is 8.78. The van der Waals surface area contributed by atoms with Crippen molar-refractivity contribution in [3.63, 3.8) is 0 Å². The molecule has 1 amide bonds. The molecule has 1 heterocycles. The van der Waals surface area contributed by atoms with E-state index in [0.717, 1.165) is 6.08 Å². The second-order valence-electron chi connectivity index (χ2n) is 8.78. The highest BCUT2D eigenvalue weighted by atomic mass is 19.4. The van der Waals surface area contributed by atoms with Crippen molar-refractivity contribution < 1.29 is 26.7 Å². The van der Waals surface area contributed by atoms with Crippen LogP contribution in [0.2, 0.25) is 0 Å². The lowest BCUT2D eigenvalue weighted by Crippen LogP contribution is -2.40. The van der Waals surface area contributed by atoms with Crippen LogP contribution in [-0.2, 0) is 4.79 Å². The highest BCUT2D eigenvalue weighted by Crippen LogP contribution is 2.39. The molecule has 0 bridgehead atoms. The number of hydrogen-bond donors (Lipinski definition) is 2. The minimum absolute atomic E-state index is 0.0212. The molecule has 1 rings (SSSR count). The fourth-order valence-electron chi connectivity index (χ4n) is 3.62. The van der Waals surface area contributed by atoms with E-state index in [-0.39, 0.29) is 24.5 Å². The van der Waals surface area contributed by atoms with E-state index in [1.807, 2.05) is 6.92 Å². The summed E-state index contributed by atoms with van der Waals surface area (Å²) in [4.78, 5) is 17.8. The molecule has 1 fully saturated rings. The van der Waals surface area contributed by atoms with Crippen LogP contribution in [0.4, 0.5) is 22.0 Å². The summed E-state index contributed by atoms with van der Waals surface area (Å²) in [5.41, 5.74) is 3.37. The van der Waals surface area contributed by atoms with Gasteiger partial charge in [-0.15, -0.1) is 0 Å². The monoisotopic (exact) mass is 476 g/mol. The number of halogens is 5. The van der Waals surface area contributed by atoms with Gasteiger partial charge in [0.1, 0.15) is 11.5 Å². The summed E-state index contributed by atoms with van der Waals surface area (Å²) in [6.07, 6.45) is -0.407. The third-order valence-electron chi connectivity index (χ3n) is 4.96. The number of nitrogens with zero attached hydrogens (tertiary/aromatic N) is 2. The first-order valence-corrected chi connectivity index (χ1v) is 10.6. The molecule has 3 N–H and O–H groups in total. The van der Waals surface area contributed by atoms with Gasteiger partial charge in [0.25, 0.3) is 0 Å². The van der Waals surface area contributed by atoms with Crippen molar-refractivity contribution in [2.24, 2.45) is 16.1 Å². The van der Waals surface area contributed by atoms with Crippen molar-refractivity contribution in [1.29, 1.82) is 0 Å². The van der Waals surface area contributed by atoms with Gasteiger partial charge in [0.2, 0.25) is 11.8 Å². The minimum Gasteiger partial charge on any atom is -0.405 e. The van der Waals surface area contributed by atoms with Crippen LogP contribution in [-0.4, -0.2) is 41.8 Å². The van der Waals surface area contributed by atoms with Crippen molar-refractivity contribution in [3.8, 4) is 0 Å². The molecule has 0 atom stereocenters. The van der Waals surface area contributed by atoms with E-state index in [1.165, 1.54) is 24.1 Å². The molecule has 10 heteroatoms. The van der Waals surface area contributed by atoms with Gasteiger partial charge in [0, 0.05) is 31.6 Å². The summed E-state index contributed by atoms with van der Waals surface area (Å²) in [5.74, 6) is -3.86. The number of rotatable bonds is 7. The molecule has 0 spiro atoms. The van der Waals surface area contributed by atoms with E-state index >= 15 is 0 Å². The Kier molecular flexibility index (Phi) is 9.87. The number of allylic oxidation sites excluding steroid dienone is 5. The predicted octanol–water partition coefficient (Wildman–Crippen LogP) is 5.44. The van der Waals surface area contributed by atoms with E-state index in [0.29, 0.717) is 12.1 Å². The summed E-state index contributed by atoms with van der Waals surface area (Å²) in [7, 11) is 0. The van der Waals surface area contributed by atoms with E-state index in [1.54, 1.807) is 19.9 Å². The van der Waals surface area contributed by atoms with Crippen molar-refractivity contribution in [1.82, 2.24) is 10.2 Å². The number of nitrogens with two attached hydrogens (primary N) is 1. The molecule has 1 saturated heterocycles. The van der Waals surface area contributed by atoms with Gasteiger partial charge in [-0.1, -0.05) is 39.5 Å². The van der Waals surface area contributed by atoms with Gasteiger partial charge in [-0.05, 0) is 36.6 Å². The highest BCUT2D eigenvalue weighted by molar-refractivity contribution is 6.01. The molecule has 0 aliphatic carbocycles. The van der Waals surface area contributed by atoms with Crippen LogP contribution < -0.4 is 11.1 Å². The van der Waals surface area contributed by atoms with Crippen LogP contribution in [0.5, 0.6) is 0 Å². The average molecular weight is 477 g/mol. The Bertz CT molecular complexity index is 838. The Morgan fingerprint density at radius 3 is 2.45 bits per heavy atom. The Balaban J connectivity index is 3.47. The van der Waals surface area contributed by atoms with Crippen molar-refractivity contribution in [2.45, 2.75) is 65.5 Å². The minimum atomic E-state index is -4.82. The zero-order chi connectivity index (χ0) is 25.4. The van der Waals surface area contributed by atoms with E-state index < -0.39 is 48.4 Å². The molecule has 0 radical (unpaired) electrons. The molecular formula is C23H33F5N4O.